The molecule has 1 aromatic rings. The van der Waals surface area contributed by atoms with Gasteiger partial charge < -0.3 is 20.9 Å². The predicted octanol–water partition coefficient (Wildman–Crippen LogP) is 1.01. The first-order valence-electron chi connectivity index (χ1n) is 6.03. The number of carbonyl (C=O) groups excluding carboxylic acids is 1. The average Bonchev–Trinajstić information content (AvgIpc) is 2.42. The summed E-state index contributed by atoms with van der Waals surface area (Å²) in [6.45, 7) is 0.739. The number of benzene rings is 1. The van der Waals surface area contributed by atoms with Crippen LogP contribution < -0.4 is 11.1 Å². The molecule has 1 amide bonds. The Hall–Kier alpha value is -1.59. The minimum absolute atomic E-state index is 0.0293. The Labute approximate surface area is 107 Å². The van der Waals surface area contributed by atoms with Crippen molar-refractivity contribution in [2.75, 3.05) is 13.2 Å². The Balaban J connectivity index is 2.07. The molecule has 4 N–H and O–H groups in total. The molecule has 5 heteroatoms. The van der Waals surface area contributed by atoms with Gasteiger partial charge in [0, 0.05) is 12.6 Å². The molecule has 1 aromatic carbocycles. The largest absolute Gasteiger partial charge is 0.445 e. The van der Waals surface area contributed by atoms with Crippen LogP contribution in [0, 0.1) is 0 Å². The first-order valence-corrected chi connectivity index (χ1v) is 6.03. The third-order valence-corrected chi connectivity index (χ3v) is 2.47. The van der Waals surface area contributed by atoms with Crippen molar-refractivity contribution in [3.8, 4) is 0 Å². The van der Waals surface area contributed by atoms with E-state index in [1.807, 2.05) is 30.3 Å². The second-order valence-corrected chi connectivity index (χ2v) is 4.07. The average molecular weight is 252 g/mol. The predicted molar refractivity (Wildman–Crippen MR) is 68.9 cm³/mol. The Kier molecular flexibility index (Phi) is 6.83. The van der Waals surface area contributed by atoms with Gasteiger partial charge in [-0.3, -0.25) is 0 Å². The van der Waals surface area contributed by atoms with Crippen molar-refractivity contribution >= 4 is 6.09 Å². The maximum Gasteiger partial charge on any atom is 0.407 e. The molecule has 0 radical (unpaired) electrons. The summed E-state index contributed by atoms with van der Waals surface area (Å²) in [5, 5.41) is 11.4. The third kappa shape index (κ3) is 6.22. The van der Waals surface area contributed by atoms with Gasteiger partial charge in [-0.2, -0.15) is 0 Å². The molecule has 0 heterocycles. The van der Waals surface area contributed by atoms with Gasteiger partial charge in [0.15, 0.2) is 0 Å². The SMILES string of the molecule is NC(CO)CCCNC(=O)OCc1ccccc1. The highest BCUT2D eigenvalue weighted by atomic mass is 16.5. The lowest BCUT2D eigenvalue weighted by Crippen LogP contribution is -2.28. The summed E-state index contributed by atoms with van der Waals surface area (Å²) in [7, 11) is 0. The molecule has 0 aliphatic heterocycles. The number of nitrogens with one attached hydrogen (secondary N) is 1. The normalized spacial score (nSPS) is 11.9. The summed E-state index contributed by atoms with van der Waals surface area (Å²) >= 11 is 0. The van der Waals surface area contributed by atoms with E-state index in [4.69, 9.17) is 15.6 Å². The Morgan fingerprint density at radius 1 is 1.39 bits per heavy atom. The smallest absolute Gasteiger partial charge is 0.407 e. The maximum absolute atomic E-state index is 11.3. The molecule has 0 fully saturated rings. The van der Waals surface area contributed by atoms with Crippen LogP contribution in [0.4, 0.5) is 4.79 Å². The van der Waals surface area contributed by atoms with Gasteiger partial charge in [0.25, 0.3) is 0 Å². The molecule has 0 saturated heterocycles. The summed E-state index contributed by atoms with van der Waals surface area (Å²) < 4.78 is 5.03. The Morgan fingerprint density at radius 3 is 2.78 bits per heavy atom. The Morgan fingerprint density at radius 2 is 2.11 bits per heavy atom. The molecule has 100 valence electrons. The van der Waals surface area contributed by atoms with Crippen LogP contribution in [-0.2, 0) is 11.3 Å². The van der Waals surface area contributed by atoms with Gasteiger partial charge in [0.05, 0.1) is 6.61 Å². The van der Waals surface area contributed by atoms with Crippen LogP contribution in [0.15, 0.2) is 30.3 Å². The van der Waals surface area contributed by atoms with Crippen molar-refractivity contribution in [2.24, 2.45) is 5.73 Å². The summed E-state index contributed by atoms with van der Waals surface area (Å²) in [6.07, 6.45) is 0.967. The zero-order valence-corrected chi connectivity index (χ0v) is 10.3. The number of ether oxygens (including phenoxy) is 1. The fourth-order valence-corrected chi connectivity index (χ4v) is 1.42. The van der Waals surface area contributed by atoms with E-state index in [1.165, 1.54) is 0 Å². The van der Waals surface area contributed by atoms with Crippen LogP contribution in [0.1, 0.15) is 18.4 Å². The quantitative estimate of drug-likeness (QED) is 0.632. The van der Waals surface area contributed by atoms with Crippen LogP contribution in [0.2, 0.25) is 0 Å². The highest BCUT2D eigenvalue weighted by molar-refractivity contribution is 5.67. The number of amides is 1. The number of carbonyl (C=O) groups is 1. The first-order chi connectivity index (χ1) is 8.72. The van der Waals surface area contributed by atoms with Crippen molar-refractivity contribution in [3.63, 3.8) is 0 Å². The second kappa shape index (κ2) is 8.49. The van der Waals surface area contributed by atoms with Crippen molar-refractivity contribution in [1.82, 2.24) is 5.32 Å². The molecule has 0 spiro atoms. The molecule has 0 bridgehead atoms. The molecule has 0 aliphatic rings. The Bertz CT molecular complexity index is 343. The number of rotatable bonds is 7. The lowest BCUT2D eigenvalue weighted by Gasteiger charge is -2.09. The molecule has 0 aliphatic carbocycles. The number of aliphatic hydroxyl groups excluding tert-OH is 1. The number of nitrogens with two attached hydrogens (primary N) is 1. The van der Waals surface area contributed by atoms with Gasteiger partial charge in [-0.1, -0.05) is 30.3 Å². The van der Waals surface area contributed by atoms with E-state index in [0.29, 0.717) is 13.0 Å². The zero-order chi connectivity index (χ0) is 13.2. The van der Waals surface area contributed by atoms with Gasteiger partial charge in [0.1, 0.15) is 6.61 Å². The minimum atomic E-state index is -0.434. The van der Waals surface area contributed by atoms with Gasteiger partial charge in [-0.15, -0.1) is 0 Å². The summed E-state index contributed by atoms with van der Waals surface area (Å²) in [4.78, 5) is 11.3. The van der Waals surface area contributed by atoms with Crippen molar-refractivity contribution in [3.05, 3.63) is 35.9 Å². The lowest BCUT2D eigenvalue weighted by atomic mass is 10.2. The van der Waals surface area contributed by atoms with Crippen molar-refractivity contribution in [1.29, 1.82) is 0 Å². The summed E-state index contributed by atoms with van der Waals surface area (Å²) in [5.41, 5.74) is 6.48. The van der Waals surface area contributed by atoms with Crippen molar-refractivity contribution in [2.45, 2.75) is 25.5 Å². The van der Waals surface area contributed by atoms with E-state index in [-0.39, 0.29) is 19.3 Å². The van der Waals surface area contributed by atoms with Crippen LogP contribution in [0.3, 0.4) is 0 Å². The number of hydrogen-bond donors (Lipinski definition) is 3. The van der Waals surface area contributed by atoms with Crippen LogP contribution in [-0.4, -0.2) is 30.4 Å². The highest BCUT2D eigenvalue weighted by Gasteiger charge is 2.03. The lowest BCUT2D eigenvalue weighted by molar-refractivity contribution is 0.139. The van der Waals surface area contributed by atoms with Crippen LogP contribution in [0.5, 0.6) is 0 Å². The molecular weight excluding hydrogens is 232 g/mol. The van der Waals surface area contributed by atoms with Crippen LogP contribution >= 0.6 is 0 Å². The first kappa shape index (κ1) is 14.5. The molecule has 1 rings (SSSR count). The monoisotopic (exact) mass is 252 g/mol. The maximum atomic E-state index is 11.3. The van der Waals surface area contributed by atoms with E-state index in [9.17, 15) is 4.79 Å². The fraction of sp³-hybridized carbons (Fsp3) is 0.462. The standard InChI is InChI=1S/C13H20N2O3/c14-12(9-16)7-4-8-15-13(17)18-10-11-5-2-1-3-6-11/h1-3,5-6,12,16H,4,7-10,14H2,(H,15,17). The molecular formula is C13H20N2O3. The molecule has 0 saturated carbocycles. The molecule has 1 atom stereocenters. The second-order valence-electron chi connectivity index (χ2n) is 4.07. The van der Waals surface area contributed by atoms with E-state index < -0.39 is 6.09 Å². The molecule has 5 nitrogen and oxygen atoms in total. The van der Waals surface area contributed by atoms with E-state index in [0.717, 1.165) is 12.0 Å². The molecule has 1 unspecified atom stereocenters. The summed E-state index contributed by atoms with van der Waals surface area (Å²) in [5.74, 6) is 0. The zero-order valence-electron chi connectivity index (χ0n) is 10.3. The van der Waals surface area contributed by atoms with Gasteiger partial charge in [-0.05, 0) is 18.4 Å². The highest BCUT2D eigenvalue weighted by Crippen LogP contribution is 2.00. The molecule has 18 heavy (non-hydrogen) atoms. The topological polar surface area (TPSA) is 84.6 Å². The summed E-state index contributed by atoms with van der Waals surface area (Å²) in [6, 6.07) is 9.28. The number of hydrogen-bond acceptors (Lipinski definition) is 4. The molecule has 0 aromatic heterocycles. The van der Waals surface area contributed by atoms with Crippen molar-refractivity contribution < 1.29 is 14.6 Å². The van der Waals surface area contributed by atoms with Crippen LogP contribution in [0.25, 0.3) is 0 Å². The van der Waals surface area contributed by atoms with Gasteiger partial charge in [0.2, 0.25) is 0 Å². The minimum Gasteiger partial charge on any atom is -0.445 e. The fourth-order valence-electron chi connectivity index (χ4n) is 1.42. The van der Waals surface area contributed by atoms with E-state index in [1.54, 1.807) is 0 Å². The number of aliphatic hydroxyl groups is 1. The van der Waals surface area contributed by atoms with Gasteiger partial charge >= 0.3 is 6.09 Å². The third-order valence-electron chi connectivity index (χ3n) is 2.47. The van der Waals surface area contributed by atoms with Gasteiger partial charge in [-0.25, -0.2) is 4.79 Å². The van der Waals surface area contributed by atoms with E-state index >= 15 is 0 Å². The number of alkyl carbamates (subject to hydrolysis) is 1. The van der Waals surface area contributed by atoms with E-state index in [2.05, 4.69) is 5.32 Å².